The molecule has 1 N–H and O–H groups in total. The minimum Gasteiger partial charge on any atom is -0.354 e. The molecule has 2 heterocycles. The summed E-state index contributed by atoms with van der Waals surface area (Å²) in [7, 11) is 0. The summed E-state index contributed by atoms with van der Waals surface area (Å²) in [5.74, 6) is 0.675. The van der Waals surface area contributed by atoms with E-state index < -0.39 is 0 Å². The molecule has 0 bridgehead atoms. The fourth-order valence-corrected chi connectivity index (χ4v) is 3.13. The van der Waals surface area contributed by atoms with Crippen molar-refractivity contribution in [3.8, 4) is 11.1 Å². The van der Waals surface area contributed by atoms with Crippen molar-refractivity contribution < 1.29 is 4.39 Å². The molecule has 25 heavy (non-hydrogen) atoms. The fraction of sp³-hybridized carbons (Fsp3) is 0.300. The lowest BCUT2D eigenvalue weighted by atomic mass is 10.1. The largest absolute Gasteiger partial charge is 0.354 e. The third kappa shape index (κ3) is 4.12. The second kappa shape index (κ2) is 8.03. The summed E-state index contributed by atoms with van der Waals surface area (Å²) in [5.41, 5.74) is 2.85. The molecule has 1 fully saturated rings. The Morgan fingerprint density at radius 1 is 1.20 bits per heavy atom. The average molecular weight is 338 g/mol. The Labute approximate surface area is 148 Å². The molecule has 0 amide bonds. The van der Waals surface area contributed by atoms with Crippen LogP contribution in [-0.4, -0.2) is 48.8 Å². The quantitative estimate of drug-likeness (QED) is 0.847. The highest BCUT2D eigenvalue weighted by Gasteiger charge is 2.20. The molecule has 0 radical (unpaired) electrons. The molecule has 1 aromatic carbocycles. The van der Waals surface area contributed by atoms with Crippen molar-refractivity contribution in [1.82, 2.24) is 9.88 Å². The molecule has 0 unspecified atom stereocenters. The van der Waals surface area contributed by atoms with Gasteiger partial charge < -0.3 is 10.3 Å². The van der Waals surface area contributed by atoms with Gasteiger partial charge in [0.1, 0.15) is 11.6 Å². The number of anilines is 1. The van der Waals surface area contributed by atoms with Crippen molar-refractivity contribution in [1.29, 1.82) is 5.41 Å². The number of nitrogens with one attached hydrogen (secondary N) is 1. The molecular weight excluding hydrogens is 315 g/mol. The van der Waals surface area contributed by atoms with Crippen molar-refractivity contribution >= 4 is 12.0 Å². The number of piperazine rings is 1. The average Bonchev–Trinajstić information content (AvgIpc) is 2.66. The third-order valence-corrected chi connectivity index (χ3v) is 4.56. The Kier molecular flexibility index (Phi) is 5.56. The maximum atomic E-state index is 13.6. The van der Waals surface area contributed by atoms with E-state index in [9.17, 15) is 4.39 Å². The molecule has 4 nitrogen and oxygen atoms in total. The van der Waals surface area contributed by atoms with Gasteiger partial charge in [-0.2, -0.15) is 0 Å². The van der Waals surface area contributed by atoms with Crippen molar-refractivity contribution in [2.24, 2.45) is 0 Å². The zero-order chi connectivity index (χ0) is 17.6. The number of halogens is 1. The molecule has 130 valence electrons. The minimum absolute atomic E-state index is 0.234. The van der Waals surface area contributed by atoms with Gasteiger partial charge in [0.25, 0.3) is 0 Å². The van der Waals surface area contributed by atoms with E-state index in [2.05, 4.69) is 14.8 Å². The first-order valence-corrected chi connectivity index (χ1v) is 8.55. The molecule has 0 spiro atoms. The maximum Gasteiger partial charge on any atom is 0.136 e. The zero-order valence-electron chi connectivity index (χ0n) is 14.5. The molecule has 0 atom stereocenters. The number of pyridine rings is 1. The van der Waals surface area contributed by atoms with Gasteiger partial charge >= 0.3 is 0 Å². The molecule has 1 aliphatic heterocycles. The summed E-state index contributed by atoms with van der Waals surface area (Å²) in [5, 5.41) is 7.42. The third-order valence-electron chi connectivity index (χ3n) is 4.56. The van der Waals surface area contributed by atoms with Crippen LogP contribution in [0.4, 0.5) is 10.2 Å². The first-order chi connectivity index (χ1) is 12.2. The van der Waals surface area contributed by atoms with E-state index >= 15 is 0 Å². The number of allylic oxidation sites excluding steroid dienone is 1. The Balaban J connectivity index is 1.75. The summed E-state index contributed by atoms with van der Waals surface area (Å²) >= 11 is 0. The van der Waals surface area contributed by atoms with Gasteiger partial charge in [-0.15, -0.1) is 0 Å². The topological polar surface area (TPSA) is 43.2 Å². The highest BCUT2D eigenvalue weighted by molar-refractivity contribution is 5.76. The van der Waals surface area contributed by atoms with Crippen LogP contribution in [0, 0.1) is 11.2 Å². The maximum absolute atomic E-state index is 13.6. The van der Waals surface area contributed by atoms with Crippen molar-refractivity contribution in [2.75, 3.05) is 37.6 Å². The van der Waals surface area contributed by atoms with E-state index in [1.165, 1.54) is 12.3 Å². The van der Waals surface area contributed by atoms with Gasteiger partial charge in [-0.3, -0.25) is 4.90 Å². The Bertz CT molecular complexity index is 764. The number of hydrogen-bond acceptors (Lipinski definition) is 4. The lowest BCUT2D eigenvalue weighted by Gasteiger charge is -2.36. The molecule has 1 aromatic heterocycles. The smallest absolute Gasteiger partial charge is 0.136 e. The van der Waals surface area contributed by atoms with Crippen LogP contribution in [0.5, 0.6) is 0 Å². The molecule has 1 aliphatic rings. The molecule has 0 aliphatic carbocycles. The number of hydrogen-bond donors (Lipinski definition) is 1. The van der Waals surface area contributed by atoms with Gasteiger partial charge in [0, 0.05) is 50.7 Å². The highest BCUT2D eigenvalue weighted by Crippen LogP contribution is 2.29. The number of benzene rings is 1. The van der Waals surface area contributed by atoms with E-state index in [4.69, 9.17) is 5.41 Å². The van der Waals surface area contributed by atoms with Crippen LogP contribution in [-0.2, 0) is 0 Å². The van der Waals surface area contributed by atoms with Crippen molar-refractivity contribution in [3.63, 3.8) is 0 Å². The number of aromatic nitrogens is 1. The van der Waals surface area contributed by atoms with E-state index in [0.29, 0.717) is 0 Å². The fourth-order valence-electron chi connectivity index (χ4n) is 3.13. The predicted octanol–water partition coefficient (Wildman–Crippen LogP) is 3.61. The van der Waals surface area contributed by atoms with Crippen LogP contribution in [0.1, 0.15) is 6.92 Å². The van der Waals surface area contributed by atoms with Gasteiger partial charge in [0.2, 0.25) is 0 Å². The van der Waals surface area contributed by atoms with E-state index in [-0.39, 0.29) is 5.82 Å². The number of rotatable bonds is 5. The van der Waals surface area contributed by atoms with Crippen LogP contribution < -0.4 is 4.90 Å². The zero-order valence-corrected chi connectivity index (χ0v) is 14.5. The first kappa shape index (κ1) is 17.3. The summed E-state index contributed by atoms with van der Waals surface area (Å²) in [6.45, 7) is 6.36. The Morgan fingerprint density at radius 2 is 2.00 bits per heavy atom. The lowest BCUT2D eigenvalue weighted by molar-refractivity contribution is 0.280. The minimum atomic E-state index is -0.234. The Hall–Kier alpha value is -2.53. The van der Waals surface area contributed by atoms with Gasteiger partial charge in [-0.1, -0.05) is 18.2 Å². The standard InChI is InChI=1S/C20H23FN4/c1-2-16(14-22)15-24-9-11-25(12-10-24)20-19(7-4-8-23-20)17-5-3-6-18(21)13-17/h2-8,13-14,22H,9-12,15H2,1H3/b16-2+,22-14?. The number of nitrogens with zero attached hydrogens (tertiary/aromatic N) is 3. The molecule has 1 saturated heterocycles. The Morgan fingerprint density at radius 3 is 2.68 bits per heavy atom. The van der Waals surface area contributed by atoms with E-state index in [0.717, 1.165) is 55.2 Å². The second-order valence-electron chi connectivity index (χ2n) is 6.16. The monoisotopic (exact) mass is 338 g/mol. The second-order valence-corrected chi connectivity index (χ2v) is 6.16. The first-order valence-electron chi connectivity index (χ1n) is 8.55. The summed E-state index contributed by atoms with van der Waals surface area (Å²) in [6.07, 6.45) is 5.20. The van der Waals surface area contributed by atoms with Crippen LogP contribution in [0.3, 0.4) is 0 Å². The highest BCUT2D eigenvalue weighted by atomic mass is 19.1. The summed E-state index contributed by atoms with van der Waals surface area (Å²) < 4.78 is 13.6. The van der Waals surface area contributed by atoms with Crippen LogP contribution >= 0.6 is 0 Å². The summed E-state index contributed by atoms with van der Waals surface area (Å²) in [4.78, 5) is 9.17. The van der Waals surface area contributed by atoms with Gasteiger partial charge in [-0.25, -0.2) is 9.37 Å². The summed E-state index contributed by atoms with van der Waals surface area (Å²) in [6, 6.07) is 10.6. The molecule has 2 aromatic rings. The van der Waals surface area contributed by atoms with Gasteiger partial charge in [0.05, 0.1) is 0 Å². The van der Waals surface area contributed by atoms with Gasteiger partial charge in [0.15, 0.2) is 0 Å². The normalized spacial score (nSPS) is 16.1. The molecule has 0 saturated carbocycles. The van der Waals surface area contributed by atoms with Crippen LogP contribution in [0.25, 0.3) is 11.1 Å². The van der Waals surface area contributed by atoms with E-state index in [1.807, 2.05) is 31.2 Å². The molecule has 3 rings (SSSR count). The predicted molar refractivity (Wildman–Crippen MR) is 101 cm³/mol. The SMILES string of the molecule is C/C=C(\C=N)CN1CCN(c2ncccc2-c2cccc(F)c2)CC1. The molecule has 5 heteroatoms. The van der Waals surface area contributed by atoms with Crippen molar-refractivity contribution in [3.05, 3.63) is 60.1 Å². The van der Waals surface area contributed by atoms with Crippen molar-refractivity contribution in [2.45, 2.75) is 6.92 Å². The van der Waals surface area contributed by atoms with Crippen LogP contribution in [0.15, 0.2) is 54.2 Å². The van der Waals surface area contributed by atoms with Crippen LogP contribution in [0.2, 0.25) is 0 Å². The lowest BCUT2D eigenvalue weighted by Crippen LogP contribution is -2.47. The molecular formula is C20H23FN4. The van der Waals surface area contributed by atoms with Gasteiger partial charge in [-0.05, 0) is 42.3 Å². The van der Waals surface area contributed by atoms with E-state index in [1.54, 1.807) is 18.3 Å².